The molecule has 1 aromatic carbocycles. The van der Waals surface area contributed by atoms with Gasteiger partial charge in [0.05, 0.1) is 18.6 Å². The Balaban J connectivity index is 1.77. The number of nitrogens with zero attached hydrogens (tertiary/aromatic N) is 1. The molecule has 6 nitrogen and oxygen atoms in total. The van der Waals surface area contributed by atoms with Crippen molar-refractivity contribution in [3.63, 3.8) is 0 Å². The topological polar surface area (TPSA) is 76.1 Å². The zero-order chi connectivity index (χ0) is 17.2. The van der Waals surface area contributed by atoms with Crippen molar-refractivity contribution >= 4 is 11.9 Å². The van der Waals surface area contributed by atoms with Gasteiger partial charge in [0.25, 0.3) is 5.91 Å². The Kier molecular flexibility index (Phi) is 4.76. The fourth-order valence-electron chi connectivity index (χ4n) is 3.58. The fraction of sp³-hybridized carbons (Fsp3) is 0.556. The van der Waals surface area contributed by atoms with Crippen molar-refractivity contribution in [2.45, 2.75) is 19.8 Å². The molecule has 2 aliphatic rings. The summed E-state index contributed by atoms with van der Waals surface area (Å²) in [7, 11) is 0. The summed E-state index contributed by atoms with van der Waals surface area (Å²) >= 11 is 0. The summed E-state index contributed by atoms with van der Waals surface area (Å²) in [5.41, 5.74) is -0.340. The van der Waals surface area contributed by atoms with Gasteiger partial charge in [-0.2, -0.15) is 0 Å². The third-order valence-corrected chi connectivity index (χ3v) is 4.97. The van der Waals surface area contributed by atoms with Crippen LogP contribution in [0.15, 0.2) is 24.3 Å². The van der Waals surface area contributed by atoms with E-state index in [1.54, 1.807) is 23.1 Å². The van der Waals surface area contributed by atoms with E-state index in [0.29, 0.717) is 44.1 Å². The van der Waals surface area contributed by atoms with Crippen LogP contribution in [0.25, 0.3) is 0 Å². The largest absolute Gasteiger partial charge is 0.494 e. The number of carboxylic acid groups (broad SMARTS) is 1. The van der Waals surface area contributed by atoms with Gasteiger partial charge in [-0.1, -0.05) is 13.0 Å². The van der Waals surface area contributed by atoms with Gasteiger partial charge in [0, 0.05) is 31.2 Å². The second-order valence-electron chi connectivity index (χ2n) is 6.55. The summed E-state index contributed by atoms with van der Waals surface area (Å²) in [6, 6.07) is 7.08. The van der Waals surface area contributed by atoms with Crippen LogP contribution in [0.4, 0.5) is 0 Å². The quantitative estimate of drug-likeness (QED) is 0.892. The summed E-state index contributed by atoms with van der Waals surface area (Å²) in [6.45, 7) is 4.12. The van der Waals surface area contributed by atoms with E-state index in [4.69, 9.17) is 9.47 Å². The third-order valence-electron chi connectivity index (χ3n) is 4.97. The van der Waals surface area contributed by atoms with Crippen molar-refractivity contribution in [1.29, 1.82) is 0 Å². The molecule has 24 heavy (non-hydrogen) atoms. The SMILES string of the molecule is CCCOc1cccc(C(=O)N2C[C@H]3COCC[C@@]3(C(=O)O)C2)c1. The zero-order valence-electron chi connectivity index (χ0n) is 13.9. The number of likely N-dealkylation sites (tertiary alicyclic amines) is 1. The van der Waals surface area contributed by atoms with Crippen LogP contribution in [0.3, 0.4) is 0 Å². The fourth-order valence-corrected chi connectivity index (χ4v) is 3.58. The summed E-state index contributed by atoms with van der Waals surface area (Å²) in [5, 5.41) is 9.70. The average molecular weight is 333 g/mol. The lowest BCUT2D eigenvalue weighted by molar-refractivity contribution is -0.157. The highest BCUT2D eigenvalue weighted by molar-refractivity contribution is 5.95. The number of carbonyl (C=O) groups excluding carboxylic acids is 1. The van der Waals surface area contributed by atoms with Gasteiger partial charge in [-0.05, 0) is 31.0 Å². The predicted octanol–water partition coefficient (Wildman–Crippen LogP) is 2.04. The summed E-state index contributed by atoms with van der Waals surface area (Å²) in [4.78, 5) is 26.3. The Hall–Kier alpha value is -2.08. The van der Waals surface area contributed by atoms with E-state index in [1.807, 2.05) is 13.0 Å². The molecule has 2 atom stereocenters. The number of hydrogen-bond acceptors (Lipinski definition) is 4. The van der Waals surface area contributed by atoms with Gasteiger partial charge in [0.15, 0.2) is 0 Å². The summed E-state index contributed by atoms with van der Waals surface area (Å²) in [5.74, 6) is -0.457. The molecule has 0 radical (unpaired) electrons. The molecule has 2 aliphatic heterocycles. The molecule has 2 heterocycles. The molecule has 0 aliphatic carbocycles. The monoisotopic (exact) mass is 333 g/mol. The molecule has 0 aromatic heterocycles. The maximum absolute atomic E-state index is 12.8. The van der Waals surface area contributed by atoms with E-state index in [0.717, 1.165) is 6.42 Å². The Morgan fingerprint density at radius 3 is 3.00 bits per heavy atom. The van der Waals surface area contributed by atoms with E-state index in [9.17, 15) is 14.7 Å². The second kappa shape index (κ2) is 6.81. The van der Waals surface area contributed by atoms with E-state index < -0.39 is 11.4 Å². The molecule has 0 unspecified atom stereocenters. The highest BCUT2D eigenvalue weighted by Crippen LogP contribution is 2.42. The van der Waals surface area contributed by atoms with Crippen LogP contribution in [0, 0.1) is 11.3 Å². The van der Waals surface area contributed by atoms with Gasteiger partial charge < -0.3 is 19.5 Å². The standard InChI is InChI=1S/C18H23NO5/c1-2-7-24-15-5-3-4-13(9-15)16(20)19-10-14-11-23-8-6-18(14,12-19)17(21)22/h3-5,9,14H,2,6-8,10-12H2,1H3,(H,21,22)/t14-,18+/m0/s1. The smallest absolute Gasteiger partial charge is 0.311 e. The van der Waals surface area contributed by atoms with Gasteiger partial charge in [0.1, 0.15) is 5.75 Å². The van der Waals surface area contributed by atoms with Crippen molar-refractivity contribution < 1.29 is 24.2 Å². The van der Waals surface area contributed by atoms with Gasteiger partial charge in [0.2, 0.25) is 0 Å². The number of rotatable bonds is 5. The Morgan fingerprint density at radius 2 is 2.29 bits per heavy atom. The molecule has 130 valence electrons. The molecule has 0 bridgehead atoms. The lowest BCUT2D eigenvalue weighted by atomic mass is 9.74. The number of carboxylic acids is 1. The molecular weight excluding hydrogens is 310 g/mol. The van der Waals surface area contributed by atoms with Crippen molar-refractivity contribution in [1.82, 2.24) is 4.90 Å². The number of aliphatic carboxylic acids is 1. The van der Waals surface area contributed by atoms with Crippen LogP contribution in [-0.2, 0) is 9.53 Å². The number of carbonyl (C=O) groups is 2. The van der Waals surface area contributed by atoms with Crippen LogP contribution >= 0.6 is 0 Å². The van der Waals surface area contributed by atoms with Gasteiger partial charge in [-0.25, -0.2) is 0 Å². The van der Waals surface area contributed by atoms with Gasteiger partial charge in [-0.15, -0.1) is 0 Å². The number of benzene rings is 1. The van der Waals surface area contributed by atoms with Crippen LogP contribution in [-0.4, -0.2) is 54.8 Å². The molecule has 2 fully saturated rings. The highest BCUT2D eigenvalue weighted by atomic mass is 16.5. The Labute approximate surface area is 141 Å². The minimum absolute atomic E-state index is 0.146. The minimum atomic E-state index is -0.871. The average Bonchev–Trinajstić information content (AvgIpc) is 3.00. The number of ether oxygens (including phenoxy) is 2. The van der Waals surface area contributed by atoms with Crippen molar-refractivity contribution in [3.05, 3.63) is 29.8 Å². The zero-order valence-corrected chi connectivity index (χ0v) is 13.9. The van der Waals surface area contributed by atoms with E-state index >= 15 is 0 Å². The maximum Gasteiger partial charge on any atom is 0.311 e. The normalized spacial score (nSPS) is 26.0. The number of amides is 1. The minimum Gasteiger partial charge on any atom is -0.494 e. The molecule has 3 rings (SSSR count). The van der Waals surface area contributed by atoms with E-state index in [1.165, 1.54) is 0 Å². The first kappa shape index (κ1) is 16.8. The first-order valence-corrected chi connectivity index (χ1v) is 8.40. The molecule has 1 aromatic rings. The molecule has 6 heteroatoms. The van der Waals surface area contributed by atoms with Crippen molar-refractivity contribution in [3.8, 4) is 5.75 Å². The summed E-state index contributed by atoms with van der Waals surface area (Å²) < 4.78 is 11.0. The third kappa shape index (κ3) is 2.98. The highest BCUT2D eigenvalue weighted by Gasteiger charge is 2.54. The van der Waals surface area contributed by atoms with Crippen LogP contribution < -0.4 is 4.74 Å². The number of fused-ring (bicyclic) bond motifs is 1. The van der Waals surface area contributed by atoms with Crippen LogP contribution in [0.1, 0.15) is 30.1 Å². The van der Waals surface area contributed by atoms with Crippen LogP contribution in [0.2, 0.25) is 0 Å². The molecule has 1 N–H and O–H groups in total. The first-order valence-electron chi connectivity index (χ1n) is 8.40. The molecule has 1 amide bonds. The predicted molar refractivity (Wildman–Crippen MR) is 87.1 cm³/mol. The van der Waals surface area contributed by atoms with Crippen LogP contribution in [0.5, 0.6) is 5.75 Å². The van der Waals surface area contributed by atoms with Crippen molar-refractivity contribution in [2.24, 2.45) is 11.3 Å². The van der Waals surface area contributed by atoms with Gasteiger partial charge >= 0.3 is 5.97 Å². The number of hydrogen-bond donors (Lipinski definition) is 1. The Morgan fingerprint density at radius 1 is 1.46 bits per heavy atom. The second-order valence-corrected chi connectivity index (χ2v) is 6.55. The molecular formula is C18H23NO5. The lowest BCUT2D eigenvalue weighted by Crippen LogP contribution is -2.45. The first-order chi connectivity index (χ1) is 11.6. The van der Waals surface area contributed by atoms with Crippen molar-refractivity contribution in [2.75, 3.05) is 32.9 Å². The van der Waals surface area contributed by atoms with E-state index in [-0.39, 0.29) is 18.4 Å². The van der Waals surface area contributed by atoms with E-state index in [2.05, 4.69) is 0 Å². The molecule has 2 saturated heterocycles. The molecule has 0 spiro atoms. The van der Waals surface area contributed by atoms with Gasteiger partial charge in [-0.3, -0.25) is 9.59 Å². The maximum atomic E-state index is 12.8. The summed E-state index contributed by atoms with van der Waals surface area (Å²) in [6.07, 6.45) is 1.35. The Bertz CT molecular complexity index is 632. The lowest BCUT2D eigenvalue weighted by Gasteiger charge is -2.33. The molecule has 0 saturated carbocycles.